The molecule has 0 bridgehead atoms. The summed E-state index contributed by atoms with van der Waals surface area (Å²) in [5.41, 5.74) is 0. The summed E-state index contributed by atoms with van der Waals surface area (Å²) in [6, 6.07) is 7.00. The molecular weight excluding hydrogens is 247 g/mol. The summed E-state index contributed by atoms with van der Waals surface area (Å²) in [4.78, 5) is 11.0. The van der Waals surface area contributed by atoms with Gasteiger partial charge in [0.1, 0.15) is 4.88 Å². The predicted molar refractivity (Wildman–Crippen MR) is 59.5 cm³/mol. The molecule has 0 saturated carbocycles. The number of hydrogen-bond donors (Lipinski definition) is 1. The van der Waals surface area contributed by atoms with Crippen LogP contribution in [0.1, 0.15) is 9.67 Å². The van der Waals surface area contributed by atoms with E-state index in [1.165, 1.54) is 11.3 Å². The molecule has 0 aliphatic carbocycles. The predicted octanol–water partition coefficient (Wildman–Crippen LogP) is 2.87. The summed E-state index contributed by atoms with van der Waals surface area (Å²) in [6.07, 6.45) is 0. The third kappa shape index (κ3) is 2.58. The van der Waals surface area contributed by atoms with E-state index in [0.717, 1.165) is 10.1 Å². The number of thiophene rings is 1. The number of carboxylic acid groups (broad SMARTS) is 1. The number of hydrogen-bond acceptors (Lipinski definition) is 2. The Morgan fingerprint density at radius 3 is 2.71 bits per heavy atom. The second-order valence-corrected chi connectivity index (χ2v) is 4.12. The van der Waals surface area contributed by atoms with E-state index in [4.69, 9.17) is 16.7 Å². The molecule has 2 nitrogen and oxygen atoms in total. The van der Waals surface area contributed by atoms with Crippen molar-refractivity contribution in [2.45, 2.75) is 0 Å². The summed E-state index contributed by atoms with van der Waals surface area (Å²) in [6.45, 7) is 0. The van der Waals surface area contributed by atoms with Crippen molar-refractivity contribution in [3.05, 3.63) is 34.2 Å². The molecule has 0 aliphatic rings. The van der Waals surface area contributed by atoms with Gasteiger partial charge in [-0.2, -0.15) is 0 Å². The van der Waals surface area contributed by atoms with Gasteiger partial charge in [-0.05, 0) is 23.6 Å². The molecular formula is C9H5ClKO2S. The molecule has 1 aromatic carbocycles. The number of carbonyl (C=O) groups is 1. The van der Waals surface area contributed by atoms with Gasteiger partial charge in [0.05, 0.1) is 0 Å². The van der Waals surface area contributed by atoms with Crippen molar-refractivity contribution in [3.63, 3.8) is 0 Å². The Bertz CT molecular complexity index is 481. The van der Waals surface area contributed by atoms with Gasteiger partial charge in [-0.1, -0.05) is 17.7 Å². The second kappa shape index (κ2) is 5.07. The summed E-state index contributed by atoms with van der Waals surface area (Å²) in [5, 5.41) is 10.3. The van der Waals surface area contributed by atoms with E-state index in [-0.39, 0.29) is 51.4 Å². The number of fused-ring (bicyclic) bond motifs is 1. The smallest absolute Gasteiger partial charge is 0.345 e. The van der Waals surface area contributed by atoms with Crippen LogP contribution < -0.4 is 0 Å². The standard InChI is InChI=1S/C9H5ClO2S.K/c10-6-2-1-5-3-8(9(11)12)13-7(5)4-6;/h1-4H,(H,11,12);. The van der Waals surface area contributed by atoms with Gasteiger partial charge in [-0.3, -0.25) is 0 Å². The Morgan fingerprint density at radius 2 is 2.07 bits per heavy atom. The third-order valence-corrected chi connectivity index (χ3v) is 3.01. The minimum absolute atomic E-state index is 0. The van der Waals surface area contributed by atoms with Crippen LogP contribution in [0.15, 0.2) is 24.3 Å². The van der Waals surface area contributed by atoms with Crippen LogP contribution in [-0.2, 0) is 0 Å². The average molecular weight is 252 g/mol. The normalized spacial score (nSPS) is 9.79. The summed E-state index contributed by atoms with van der Waals surface area (Å²) >= 11 is 7.00. The number of halogens is 1. The van der Waals surface area contributed by atoms with Gasteiger partial charge in [0.2, 0.25) is 0 Å². The van der Waals surface area contributed by atoms with E-state index in [2.05, 4.69) is 0 Å². The van der Waals surface area contributed by atoms with Gasteiger partial charge in [-0.15, -0.1) is 11.3 Å². The number of aromatic carboxylic acids is 1. The molecule has 2 rings (SSSR count). The molecule has 1 radical (unpaired) electrons. The topological polar surface area (TPSA) is 37.3 Å². The summed E-state index contributed by atoms with van der Waals surface area (Å²) < 4.78 is 0.907. The van der Waals surface area contributed by atoms with Crippen molar-refractivity contribution in [2.24, 2.45) is 0 Å². The van der Waals surface area contributed by atoms with E-state index in [1.807, 2.05) is 6.07 Å². The molecule has 1 N–H and O–H groups in total. The van der Waals surface area contributed by atoms with Gasteiger partial charge in [0.15, 0.2) is 0 Å². The molecule has 0 unspecified atom stereocenters. The van der Waals surface area contributed by atoms with Crippen LogP contribution in [0.5, 0.6) is 0 Å². The Kier molecular flexibility index (Phi) is 4.58. The molecule has 0 spiro atoms. The van der Waals surface area contributed by atoms with Gasteiger partial charge in [0, 0.05) is 61.1 Å². The Hall–Kier alpha value is 0.576. The first-order valence-electron chi connectivity index (χ1n) is 3.59. The molecule has 0 atom stereocenters. The van der Waals surface area contributed by atoms with Crippen LogP contribution in [-0.4, -0.2) is 62.5 Å². The first-order chi connectivity index (χ1) is 6.16. The van der Waals surface area contributed by atoms with Gasteiger partial charge >= 0.3 is 5.97 Å². The van der Waals surface area contributed by atoms with Crippen LogP contribution in [0.2, 0.25) is 5.02 Å². The molecule has 0 amide bonds. The summed E-state index contributed by atoms with van der Waals surface area (Å²) in [5.74, 6) is -0.891. The molecule has 1 heterocycles. The quantitative estimate of drug-likeness (QED) is 0.792. The van der Waals surface area contributed by atoms with Gasteiger partial charge < -0.3 is 5.11 Å². The Balaban J connectivity index is 0.000000980. The largest absolute Gasteiger partial charge is 0.477 e. The van der Waals surface area contributed by atoms with E-state index >= 15 is 0 Å². The fourth-order valence-corrected chi connectivity index (χ4v) is 2.29. The average Bonchev–Trinajstić information content (AvgIpc) is 2.46. The first kappa shape index (κ1) is 12.6. The van der Waals surface area contributed by atoms with Gasteiger partial charge in [-0.25, -0.2) is 4.79 Å². The molecule has 0 aliphatic heterocycles. The second-order valence-electron chi connectivity index (χ2n) is 2.60. The number of rotatable bonds is 1. The molecule has 5 heteroatoms. The van der Waals surface area contributed by atoms with Crippen LogP contribution in [0.4, 0.5) is 0 Å². The molecule has 0 fully saturated rings. The molecule has 1 aromatic heterocycles. The van der Waals surface area contributed by atoms with Crippen LogP contribution >= 0.6 is 22.9 Å². The fraction of sp³-hybridized carbons (Fsp3) is 0. The minimum atomic E-state index is -0.891. The Morgan fingerprint density at radius 1 is 1.36 bits per heavy atom. The van der Waals surface area contributed by atoms with E-state index in [9.17, 15) is 4.79 Å². The van der Waals surface area contributed by atoms with Crippen LogP contribution in [0.3, 0.4) is 0 Å². The van der Waals surface area contributed by atoms with Crippen molar-refractivity contribution >= 4 is 90.4 Å². The van der Waals surface area contributed by atoms with Crippen LogP contribution in [0.25, 0.3) is 10.1 Å². The maximum atomic E-state index is 10.6. The van der Waals surface area contributed by atoms with Crippen LogP contribution in [0, 0.1) is 0 Å². The fourth-order valence-electron chi connectivity index (χ4n) is 1.11. The number of benzene rings is 1. The molecule has 67 valence electrons. The van der Waals surface area contributed by atoms with E-state index < -0.39 is 5.97 Å². The zero-order chi connectivity index (χ0) is 9.42. The molecule has 0 saturated heterocycles. The first-order valence-corrected chi connectivity index (χ1v) is 4.78. The zero-order valence-corrected chi connectivity index (χ0v) is 12.1. The maximum Gasteiger partial charge on any atom is 0.345 e. The third-order valence-electron chi connectivity index (χ3n) is 1.69. The zero-order valence-electron chi connectivity index (χ0n) is 7.45. The number of carboxylic acids is 1. The van der Waals surface area contributed by atoms with Crippen molar-refractivity contribution < 1.29 is 9.90 Å². The van der Waals surface area contributed by atoms with Crippen molar-refractivity contribution in [1.82, 2.24) is 0 Å². The minimum Gasteiger partial charge on any atom is -0.477 e. The van der Waals surface area contributed by atoms with Crippen molar-refractivity contribution in [1.29, 1.82) is 0 Å². The molecule has 14 heavy (non-hydrogen) atoms. The van der Waals surface area contributed by atoms with Gasteiger partial charge in [0.25, 0.3) is 0 Å². The van der Waals surface area contributed by atoms with Crippen molar-refractivity contribution in [2.75, 3.05) is 0 Å². The summed E-state index contributed by atoms with van der Waals surface area (Å²) in [7, 11) is 0. The Labute approximate surface area is 132 Å². The van der Waals surface area contributed by atoms with Crippen molar-refractivity contribution in [3.8, 4) is 0 Å². The monoisotopic (exact) mass is 251 g/mol. The SMILES string of the molecule is O=C(O)c1cc2ccc(Cl)cc2s1.[K]. The van der Waals surface area contributed by atoms with E-state index in [1.54, 1.807) is 18.2 Å². The molecule has 2 aromatic rings. The maximum absolute atomic E-state index is 10.6. The van der Waals surface area contributed by atoms with E-state index in [0.29, 0.717) is 9.90 Å².